The van der Waals surface area contributed by atoms with Crippen LogP contribution in [0.15, 0.2) is 54.6 Å². The van der Waals surface area contributed by atoms with Crippen LogP contribution in [0.5, 0.6) is 0 Å². The monoisotopic (exact) mass is 374 g/mol. The number of rotatable bonds is 3. The molecule has 0 unspecified atom stereocenters. The molecule has 2 saturated heterocycles. The molecule has 2 fully saturated rings. The van der Waals surface area contributed by atoms with Crippen molar-refractivity contribution in [2.24, 2.45) is 0 Å². The van der Waals surface area contributed by atoms with Crippen LogP contribution in [0.25, 0.3) is 0 Å². The number of fused-ring (bicyclic) bond motifs is 1. The van der Waals surface area contributed by atoms with Crippen LogP contribution >= 0.6 is 0 Å². The quantitative estimate of drug-likeness (QED) is 0.888. The summed E-state index contributed by atoms with van der Waals surface area (Å²) in [4.78, 5) is 41.2. The summed E-state index contributed by atoms with van der Waals surface area (Å²) in [5, 5.41) is 11.8. The van der Waals surface area contributed by atoms with Gasteiger partial charge in [0.2, 0.25) is 0 Å². The Morgan fingerprint density at radius 1 is 1.11 bits per heavy atom. The largest absolute Gasteiger partial charge is 0.332 e. The van der Waals surface area contributed by atoms with Crippen LogP contribution in [-0.4, -0.2) is 46.3 Å². The predicted octanol–water partition coefficient (Wildman–Crippen LogP) is 1.89. The van der Waals surface area contributed by atoms with Crippen LogP contribution < -0.4 is 5.32 Å². The average Bonchev–Trinajstić information content (AvgIpc) is 3.15. The molecule has 2 aliphatic rings. The van der Waals surface area contributed by atoms with Crippen LogP contribution in [0.2, 0.25) is 0 Å². The molecular weight excluding hydrogens is 356 g/mol. The molecule has 0 radical (unpaired) electrons. The average molecular weight is 374 g/mol. The number of nitriles is 1. The van der Waals surface area contributed by atoms with E-state index in [1.807, 2.05) is 36.4 Å². The fourth-order valence-corrected chi connectivity index (χ4v) is 3.74. The van der Waals surface area contributed by atoms with Gasteiger partial charge in [-0.15, -0.1) is 0 Å². The third-order valence-corrected chi connectivity index (χ3v) is 5.18. The Bertz CT molecular complexity index is 965. The van der Waals surface area contributed by atoms with Gasteiger partial charge in [0.05, 0.1) is 24.2 Å². The maximum Gasteiger partial charge on any atom is 0.324 e. The van der Waals surface area contributed by atoms with E-state index >= 15 is 0 Å². The van der Waals surface area contributed by atoms with Gasteiger partial charge >= 0.3 is 6.03 Å². The highest BCUT2D eigenvalue weighted by Gasteiger charge is 2.49. The Hall–Kier alpha value is -3.66. The second kappa shape index (κ2) is 7.16. The lowest BCUT2D eigenvalue weighted by molar-refractivity contribution is -0.134. The number of hydrogen-bond acceptors (Lipinski definition) is 4. The van der Waals surface area contributed by atoms with Gasteiger partial charge in [-0.05, 0) is 36.2 Å². The highest BCUT2D eigenvalue weighted by atomic mass is 16.2. The minimum Gasteiger partial charge on any atom is -0.332 e. The summed E-state index contributed by atoms with van der Waals surface area (Å²) in [6, 6.07) is 16.1. The van der Waals surface area contributed by atoms with Gasteiger partial charge in [0, 0.05) is 12.1 Å². The standard InChI is InChI=1S/C21H18N4O3/c22-12-14-6-8-16(9-7-14)19(26)24-11-10-17-18(24)20(27)25(21(28)23-17)13-15-4-2-1-3-5-15/h1-9,17-18H,10-11,13H2,(H,23,28)/t17-,18+/m1/s1. The van der Waals surface area contributed by atoms with Gasteiger partial charge in [0.25, 0.3) is 11.8 Å². The van der Waals surface area contributed by atoms with E-state index in [0.29, 0.717) is 24.1 Å². The molecule has 140 valence electrons. The van der Waals surface area contributed by atoms with E-state index in [9.17, 15) is 14.4 Å². The topological polar surface area (TPSA) is 93.5 Å². The van der Waals surface area contributed by atoms with E-state index in [-0.39, 0.29) is 24.4 Å². The first kappa shape index (κ1) is 17.7. The summed E-state index contributed by atoms with van der Waals surface area (Å²) in [6.45, 7) is 0.549. The van der Waals surface area contributed by atoms with Crippen LogP contribution in [0.3, 0.4) is 0 Å². The first-order valence-corrected chi connectivity index (χ1v) is 9.05. The molecule has 2 aromatic carbocycles. The summed E-state index contributed by atoms with van der Waals surface area (Å²) in [5.74, 6) is -0.641. The first-order valence-electron chi connectivity index (χ1n) is 9.05. The van der Waals surface area contributed by atoms with Crippen molar-refractivity contribution in [3.63, 3.8) is 0 Å². The number of carbonyl (C=O) groups excluding carboxylic acids is 3. The van der Waals surface area contributed by atoms with E-state index in [2.05, 4.69) is 5.32 Å². The van der Waals surface area contributed by atoms with Gasteiger partial charge in [-0.3, -0.25) is 14.5 Å². The molecule has 0 saturated carbocycles. The number of imide groups is 1. The van der Waals surface area contributed by atoms with Crippen molar-refractivity contribution in [2.45, 2.75) is 25.0 Å². The maximum atomic E-state index is 13.1. The highest BCUT2D eigenvalue weighted by molar-refractivity contribution is 6.04. The first-order chi connectivity index (χ1) is 13.6. The highest BCUT2D eigenvalue weighted by Crippen LogP contribution is 2.27. The van der Waals surface area contributed by atoms with Crippen molar-refractivity contribution in [1.82, 2.24) is 15.1 Å². The Balaban J connectivity index is 1.57. The molecule has 0 aliphatic carbocycles. The van der Waals surface area contributed by atoms with Gasteiger partial charge < -0.3 is 10.2 Å². The van der Waals surface area contributed by atoms with Crippen molar-refractivity contribution in [1.29, 1.82) is 5.26 Å². The third-order valence-electron chi connectivity index (χ3n) is 5.18. The zero-order valence-electron chi connectivity index (χ0n) is 15.0. The molecule has 0 spiro atoms. The molecule has 4 amide bonds. The van der Waals surface area contributed by atoms with Gasteiger partial charge in [-0.25, -0.2) is 4.79 Å². The lowest BCUT2D eigenvalue weighted by Gasteiger charge is -2.37. The predicted molar refractivity (Wildman–Crippen MR) is 99.9 cm³/mol. The Labute approximate surface area is 162 Å². The molecule has 2 aliphatic heterocycles. The van der Waals surface area contributed by atoms with Crippen molar-refractivity contribution in [3.05, 3.63) is 71.3 Å². The van der Waals surface area contributed by atoms with Crippen molar-refractivity contribution in [3.8, 4) is 6.07 Å². The Morgan fingerprint density at radius 2 is 1.82 bits per heavy atom. The number of benzene rings is 2. The van der Waals surface area contributed by atoms with E-state index in [1.165, 1.54) is 9.80 Å². The summed E-state index contributed by atoms with van der Waals surface area (Å²) in [5.41, 5.74) is 1.72. The van der Waals surface area contributed by atoms with Crippen LogP contribution in [0, 0.1) is 11.3 Å². The number of nitrogens with zero attached hydrogens (tertiary/aromatic N) is 3. The number of amides is 4. The number of likely N-dealkylation sites (tertiary alicyclic amines) is 1. The van der Waals surface area contributed by atoms with Gasteiger partial charge in [-0.2, -0.15) is 5.26 Å². The van der Waals surface area contributed by atoms with Crippen molar-refractivity contribution >= 4 is 17.8 Å². The second-order valence-electron chi connectivity index (χ2n) is 6.89. The smallest absolute Gasteiger partial charge is 0.324 e. The number of carbonyl (C=O) groups is 3. The van der Waals surface area contributed by atoms with E-state index in [4.69, 9.17) is 5.26 Å². The molecule has 2 atom stereocenters. The summed E-state index contributed by atoms with van der Waals surface area (Å²) >= 11 is 0. The fraction of sp³-hybridized carbons (Fsp3) is 0.238. The van der Waals surface area contributed by atoms with Gasteiger partial charge in [-0.1, -0.05) is 30.3 Å². The number of urea groups is 1. The lowest BCUT2D eigenvalue weighted by atomic mass is 10.0. The van der Waals surface area contributed by atoms with Crippen molar-refractivity contribution in [2.75, 3.05) is 6.54 Å². The zero-order chi connectivity index (χ0) is 19.7. The SMILES string of the molecule is N#Cc1ccc(C(=O)N2CC[C@H]3NC(=O)N(Cc4ccccc4)C(=O)[C@H]32)cc1. The molecule has 1 N–H and O–H groups in total. The van der Waals surface area contributed by atoms with E-state index in [1.54, 1.807) is 24.3 Å². The Kier molecular flexibility index (Phi) is 4.53. The minimum absolute atomic E-state index is 0.160. The Morgan fingerprint density at radius 3 is 2.50 bits per heavy atom. The van der Waals surface area contributed by atoms with Gasteiger partial charge in [0.1, 0.15) is 6.04 Å². The minimum atomic E-state index is -0.718. The van der Waals surface area contributed by atoms with Crippen molar-refractivity contribution < 1.29 is 14.4 Å². The number of nitrogens with one attached hydrogen (secondary N) is 1. The molecule has 2 aromatic rings. The molecular formula is C21H18N4O3. The maximum absolute atomic E-state index is 13.1. The molecule has 28 heavy (non-hydrogen) atoms. The number of hydrogen-bond donors (Lipinski definition) is 1. The van der Waals surface area contributed by atoms with Crippen LogP contribution in [0.1, 0.15) is 27.9 Å². The normalized spacial score (nSPS) is 21.1. The molecule has 7 nitrogen and oxygen atoms in total. The van der Waals surface area contributed by atoms with Gasteiger partial charge in [0.15, 0.2) is 0 Å². The fourth-order valence-electron chi connectivity index (χ4n) is 3.74. The van der Waals surface area contributed by atoms with E-state index in [0.717, 1.165) is 5.56 Å². The summed E-state index contributed by atoms with van der Waals surface area (Å²) in [6.07, 6.45) is 0.531. The summed E-state index contributed by atoms with van der Waals surface area (Å²) in [7, 11) is 0. The van der Waals surface area contributed by atoms with E-state index < -0.39 is 12.1 Å². The molecule has 0 aromatic heterocycles. The molecule has 2 heterocycles. The third kappa shape index (κ3) is 3.09. The van der Waals surface area contributed by atoms with Crippen LogP contribution in [0.4, 0.5) is 4.79 Å². The second-order valence-corrected chi connectivity index (χ2v) is 6.89. The zero-order valence-corrected chi connectivity index (χ0v) is 15.0. The summed E-state index contributed by atoms with van der Waals surface area (Å²) < 4.78 is 0. The van der Waals surface area contributed by atoms with Crippen LogP contribution in [-0.2, 0) is 11.3 Å². The molecule has 4 rings (SSSR count). The molecule has 7 heteroatoms. The lowest BCUT2D eigenvalue weighted by Crippen LogP contribution is -2.64. The molecule has 0 bridgehead atoms.